The van der Waals surface area contributed by atoms with Gasteiger partial charge in [0.25, 0.3) is 0 Å². The zero-order valence-electron chi connectivity index (χ0n) is 9.93. The molecule has 0 fully saturated rings. The molecule has 1 aromatic heterocycles. The first-order valence-corrected chi connectivity index (χ1v) is 6.05. The first kappa shape index (κ1) is 12.6. The average Bonchev–Trinajstić information content (AvgIpc) is 2.78. The molecule has 0 unspecified atom stereocenters. The zero-order chi connectivity index (χ0) is 13.0. The molecule has 94 valence electrons. The van der Waals surface area contributed by atoms with Crippen molar-refractivity contribution in [1.82, 2.24) is 20.3 Å². The van der Waals surface area contributed by atoms with E-state index in [9.17, 15) is 4.79 Å². The zero-order valence-corrected chi connectivity index (χ0v) is 10.7. The van der Waals surface area contributed by atoms with Crippen LogP contribution in [0, 0.1) is 6.92 Å². The topological polar surface area (TPSA) is 59.8 Å². The third-order valence-electron chi connectivity index (χ3n) is 2.57. The second kappa shape index (κ2) is 5.64. The van der Waals surface area contributed by atoms with E-state index >= 15 is 0 Å². The fourth-order valence-corrected chi connectivity index (χ4v) is 1.66. The summed E-state index contributed by atoms with van der Waals surface area (Å²) in [6.45, 7) is 2.25. The lowest BCUT2D eigenvalue weighted by Gasteiger charge is -2.03. The molecule has 0 radical (unpaired) electrons. The highest BCUT2D eigenvalue weighted by atomic mass is 35.5. The van der Waals surface area contributed by atoms with E-state index in [1.165, 1.54) is 0 Å². The standard InChI is InChI=1S/C12H13ClN4O/c1-9-11(8-14-12(18)7-13)15-16-17(9)10-5-3-2-4-6-10/h2-6H,7-8H2,1H3,(H,14,18). The van der Waals surface area contributed by atoms with Gasteiger partial charge in [-0.05, 0) is 19.1 Å². The second-order valence-corrected chi connectivity index (χ2v) is 4.05. The molecule has 2 aromatic rings. The molecule has 0 aliphatic rings. The summed E-state index contributed by atoms with van der Waals surface area (Å²) < 4.78 is 1.74. The van der Waals surface area contributed by atoms with Crippen molar-refractivity contribution < 1.29 is 4.79 Å². The number of hydrogen-bond acceptors (Lipinski definition) is 3. The highest BCUT2D eigenvalue weighted by Crippen LogP contribution is 2.11. The van der Waals surface area contributed by atoms with E-state index in [2.05, 4.69) is 15.6 Å². The Hall–Kier alpha value is -1.88. The Kier molecular flexibility index (Phi) is 3.94. The number of aromatic nitrogens is 3. The van der Waals surface area contributed by atoms with Gasteiger partial charge < -0.3 is 5.32 Å². The van der Waals surface area contributed by atoms with E-state index in [0.29, 0.717) is 6.54 Å². The Labute approximate surface area is 110 Å². The van der Waals surface area contributed by atoms with Crippen LogP contribution in [0.2, 0.25) is 0 Å². The highest BCUT2D eigenvalue weighted by molar-refractivity contribution is 6.27. The van der Waals surface area contributed by atoms with Gasteiger partial charge in [0.15, 0.2) is 0 Å². The normalized spacial score (nSPS) is 10.3. The number of carbonyl (C=O) groups excluding carboxylic acids is 1. The van der Waals surface area contributed by atoms with Gasteiger partial charge in [-0.1, -0.05) is 23.4 Å². The molecule has 1 aromatic carbocycles. The van der Waals surface area contributed by atoms with Crippen molar-refractivity contribution in [3.8, 4) is 5.69 Å². The minimum absolute atomic E-state index is 0.0497. The van der Waals surface area contributed by atoms with Gasteiger partial charge in [-0.25, -0.2) is 4.68 Å². The van der Waals surface area contributed by atoms with Gasteiger partial charge in [0, 0.05) is 0 Å². The molecule has 0 bridgehead atoms. The molecule has 0 spiro atoms. The SMILES string of the molecule is Cc1c(CNC(=O)CCl)nnn1-c1ccccc1. The summed E-state index contributed by atoms with van der Waals surface area (Å²) in [6, 6.07) is 9.71. The second-order valence-electron chi connectivity index (χ2n) is 3.78. The summed E-state index contributed by atoms with van der Waals surface area (Å²) in [7, 11) is 0. The van der Waals surface area contributed by atoms with Crippen LogP contribution < -0.4 is 5.32 Å². The molecule has 18 heavy (non-hydrogen) atoms. The fraction of sp³-hybridized carbons (Fsp3) is 0.250. The van der Waals surface area contributed by atoms with Crippen molar-refractivity contribution in [3.63, 3.8) is 0 Å². The van der Waals surface area contributed by atoms with Gasteiger partial charge >= 0.3 is 0 Å². The van der Waals surface area contributed by atoms with Crippen LogP contribution in [0.15, 0.2) is 30.3 Å². The van der Waals surface area contributed by atoms with Crippen LogP contribution in [0.4, 0.5) is 0 Å². The minimum Gasteiger partial charge on any atom is -0.349 e. The van der Waals surface area contributed by atoms with Crippen LogP contribution >= 0.6 is 11.6 Å². The number of hydrogen-bond donors (Lipinski definition) is 1. The quantitative estimate of drug-likeness (QED) is 0.850. The molecular formula is C12H13ClN4O. The van der Waals surface area contributed by atoms with E-state index in [4.69, 9.17) is 11.6 Å². The number of nitrogens with zero attached hydrogens (tertiary/aromatic N) is 3. The lowest BCUT2D eigenvalue weighted by atomic mass is 10.3. The molecule has 0 aliphatic heterocycles. The van der Waals surface area contributed by atoms with Gasteiger partial charge in [-0.3, -0.25) is 4.79 Å². The molecule has 1 heterocycles. The van der Waals surface area contributed by atoms with Crippen LogP contribution in [0.1, 0.15) is 11.4 Å². The maximum atomic E-state index is 11.1. The first-order valence-electron chi connectivity index (χ1n) is 5.51. The van der Waals surface area contributed by atoms with E-state index in [1.807, 2.05) is 37.3 Å². The molecule has 0 atom stereocenters. The van der Waals surface area contributed by atoms with Crippen LogP contribution in [-0.4, -0.2) is 26.8 Å². The molecule has 0 saturated carbocycles. The molecule has 0 saturated heterocycles. The van der Waals surface area contributed by atoms with Gasteiger partial charge in [0.1, 0.15) is 11.6 Å². The van der Waals surface area contributed by atoms with Crippen LogP contribution in [0.3, 0.4) is 0 Å². The van der Waals surface area contributed by atoms with Crippen LogP contribution in [-0.2, 0) is 11.3 Å². The summed E-state index contributed by atoms with van der Waals surface area (Å²) >= 11 is 5.41. The number of halogens is 1. The van der Waals surface area contributed by atoms with Crippen molar-refractivity contribution in [2.24, 2.45) is 0 Å². The molecule has 6 heteroatoms. The summed E-state index contributed by atoms with van der Waals surface area (Å²) in [5.74, 6) is -0.267. The van der Waals surface area contributed by atoms with Crippen LogP contribution in [0.25, 0.3) is 5.69 Å². The highest BCUT2D eigenvalue weighted by Gasteiger charge is 2.10. The van der Waals surface area contributed by atoms with E-state index in [1.54, 1.807) is 4.68 Å². The number of para-hydroxylation sites is 1. The Bertz CT molecular complexity index is 538. The predicted molar refractivity (Wildman–Crippen MR) is 68.7 cm³/mol. The number of carbonyl (C=O) groups is 1. The molecular weight excluding hydrogens is 252 g/mol. The summed E-state index contributed by atoms with van der Waals surface area (Å²) in [5, 5.41) is 10.8. The largest absolute Gasteiger partial charge is 0.349 e. The number of benzene rings is 1. The van der Waals surface area contributed by atoms with E-state index in [-0.39, 0.29) is 11.8 Å². The van der Waals surface area contributed by atoms with Crippen molar-refractivity contribution in [1.29, 1.82) is 0 Å². The maximum Gasteiger partial charge on any atom is 0.235 e. The number of rotatable bonds is 4. The van der Waals surface area contributed by atoms with Gasteiger partial charge in [0.05, 0.1) is 17.9 Å². The Balaban J connectivity index is 2.17. The number of nitrogens with one attached hydrogen (secondary N) is 1. The molecule has 1 amide bonds. The first-order chi connectivity index (χ1) is 8.72. The lowest BCUT2D eigenvalue weighted by molar-refractivity contribution is -0.118. The van der Waals surface area contributed by atoms with E-state index in [0.717, 1.165) is 17.1 Å². The fourth-order valence-electron chi connectivity index (χ4n) is 1.57. The smallest absolute Gasteiger partial charge is 0.235 e. The summed E-state index contributed by atoms with van der Waals surface area (Å²) in [6.07, 6.45) is 0. The third-order valence-corrected chi connectivity index (χ3v) is 2.81. The molecule has 0 aliphatic carbocycles. The maximum absolute atomic E-state index is 11.1. The molecule has 1 N–H and O–H groups in total. The van der Waals surface area contributed by atoms with Crippen molar-refractivity contribution in [2.45, 2.75) is 13.5 Å². The molecule has 5 nitrogen and oxygen atoms in total. The van der Waals surface area contributed by atoms with Gasteiger partial charge in [-0.15, -0.1) is 16.7 Å². The van der Waals surface area contributed by atoms with Crippen molar-refractivity contribution in [3.05, 3.63) is 41.7 Å². The number of amides is 1. The Morgan fingerprint density at radius 1 is 1.39 bits per heavy atom. The Morgan fingerprint density at radius 2 is 2.11 bits per heavy atom. The van der Waals surface area contributed by atoms with Crippen LogP contribution in [0.5, 0.6) is 0 Å². The van der Waals surface area contributed by atoms with Crippen molar-refractivity contribution >= 4 is 17.5 Å². The van der Waals surface area contributed by atoms with Gasteiger partial charge in [0.2, 0.25) is 5.91 Å². The molecule has 2 rings (SSSR count). The lowest BCUT2D eigenvalue weighted by Crippen LogP contribution is -2.24. The summed E-state index contributed by atoms with van der Waals surface area (Å²) in [4.78, 5) is 11.1. The third kappa shape index (κ3) is 2.68. The van der Waals surface area contributed by atoms with Gasteiger partial charge in [-0.2, -0.15) is 0 Å². The monoisotopic (exact) mass is 264 g/mol. The number of alkyl halides is 1. The predicted octanol–water partition coefficient (Wildman–Crippen LogP) is 1.43. The van der Waals surface area contributed by atoms with Crippen molar-refractivity contribution in [2.75, 3.05) is 5.88 Å². The Morgan fingerprint density at radius 3 is 2.78 bits per heavy atom. The van der Waals surface area contributed by atoms with E-state index < -0.39 is 0 Å². The average molecular weight is 265 g/mol. The minimum atomic E-state index is -0.217. The summed E-state index contributed by atoms with van der Waals surface area (Å²) in [5.41, 5.74) is 2.57.